The molecule has 0 aliphatic heterocycles. The van der Waals surface area contributed by atoms with Crippen LogP contribution in [0.4, 0.5) is 5.69 Å². The topological polar surface area (TPSA) is 96.5 Å². The molecule has 3 N–H and O–H groups in total. The normalized spacial score (nSPS) is 11.7. The van der Waals surface area contributed by atoms with Crippen molar-refractivity contribution in [3.8, 4) is 5.75 Å². The Balaban J connectivity index is 2.16. The maximum Gasteiger partial charge on any atom is 0.255 e. The van der Waals surface area contributed by atoms with E-state index in [-0.39, 0.29) is 23.3 Å². The van der Waals surface area contributed by atoms with Gasteiger partial charge >= 0.3 is 0 Å². The highest BCUT2D eigenvalue weighted by molar-refractivity contribution is 6.09. The van der Waals surface area contributed by atoms with Crippen molar-refractivity contribution in [2.24, 2.45) is 11.8 Å². The van der Waals surface area contributed by atoms with Crippen LogP contribution in [-0.2, 0) is 4.79 Å². The van der Waals surface area contributed by atoms with Crippen LogP contribution in [0.5, 0.6) is 5.75 Å². The number of hydrogen-bond acceptors (Lipinski definition) is 4. The average Bonchev–Trinajstić information content (AvgIpc) is 2.75. The molecule has 0 aromatic heterocycles. The standard InChI is InChI=1S/C24H31N3O4/c1-15(2)14-25-24(30)21(16(3)4)27-23(29)19-8-6-7-9-20(19)26-22(28)17-10-12-18(31-5)13-11-17/h6-13,15-16,21H,14H2,1-5H3,(H,25,30)(H,26,28)(H,27,29)/t21-/m1/s1. The SMILES string of the molecule is COc1ccc(C(=O)Nc2ccccc2C(=O)N[C@@H](C(=O)NCC(C)C)C(C)C)cc1. The number of benzene rings is 2. The van der Waals surface area contributed by atoms with Crippen molar-refractivity contribution in [1.82, 2.24) is 10.6 Å². The molecule has 2 rings (SSSR count). The van der Waals surface area contributed by atoms with Gasteiger partial charge in [0.15, 0.2) is 0 Å². The summed E-state index contributed by atoms with van der Waals surface area (Å²) >= 11 is 0. The molecule has 0 saturated carbocycles. The second-order valence-electron chi connectivity index (χ2n) is 8.06. The van der Waals surface area contributed by atoms with Gasteiger partial charge in [-0.3, -0.25) is 14.4 Å². The zero-order valence-corrected chi connectivity index (χ0v) is 18.7. The van der Waals surface area contributed by atoms with Crippen molar-refractivity contribution in [2.75, 3.05) is 19.0 Å². The lowest BCUT2D eigenvalue weighted by atomic mass is 10.0. The predicted octanol–water partition coefficient (Wildman–Crippen LogP) is 3.47. The highest BCUT2D eigenvalue weighted by Crippen LogP contribution is 2.18. The van der Waals surface area contributed by atoms with E-state index in [0.717, 1.165) is 0 Å². The first-order chi connectivity index (χ1) is 14.7. The summed E-state index contributed by atoms with van der Waals surface area (Å²) in [5, 5.41) is 8.45. The van der Waals surface area contributed by atoms with Crippen molar-refractivity contribution in [3.05, 3.63) is 59.7 Å². The van der Waals surface area contributed by atoms with Gasteiger partial charge in [-0.25, -0.2) is 0 Å². The summed E-state index contributed by atoms with van der Waals surface area (Å²) in [5.74, 6) is -0.149. The van der Waals surface area contributed by atoms with Gasteiger partial charge in [-0.05, 0) is 48.2 Å². The number of methoxy groups -OCH3 is 1. The van der Waals surface area contributed by atoms with E-state index in [2.05, 4.69) is 16.0 Å². The quantitative estimate of drug-likeness (QED) is 0.573. The molecule has 3 amide bonds. The van der Waals surface area contributed by atoms with Crippen molar-refractivity contribution in [3.63, 3.8) is 0 Å². The van der Waals surface area contributed by atoms with Crippen molar-refractivity contribution in [1.29, 1.82) is 0 Å². The Hall–Kier alpha value is -3.35. The maximum absolute atomic E-state index is 13.0. The monoisotopic (exact) mass is 425 g/mol. The third kappa shape index (κ3) is 6.84. The third-order valence-electron chi connectivity index (χ3n) is 4.69. The molecule has 0 unspecified atom stereocenters. The Morgan fingerprint density at radius 1 is 0.903 bits per heavy atom. The van der Waals surface area contributed by atoms with Gasteiger partial charge in [-0.15, -0.1) is 0 Å². The zero-order chi connectivity index (χ0) is 23.0. The highest BCUT2D eigenvalue weighted by Gasteiger charge is 2.25. The van der Waals surface area contributed by atoms with Crippen LogP contribution in [0.1, 0.15) is 48.4 Å². The lowest BCUT2D eigenvalue weighted by molar-refractivity contribution is -0.124. The summed E-state index contributed by atoms with van der Waals surface area (Å²) in [6.45, 7) is 8.29. The molecule has 31 heavy (non-hydrogen) atoms. The Morgan fingerprint density at radius 2 is 1.55 bits per heavy atom. The molecular weight excluding hydrogens is 394 g/mol. The summed E-state index contributed by atoms with van der Waals surface area (Å²) in [4.78, 5) is 38.1. The number of amides is 3. The van der Waals surface area contributed by atoms with E-state index in [0.29, 0.717) is 29.5 Å². The Bertz CT molecular complexity index is 907. The number of para-hydroxylation sites is 1. The number of anilines is 1. The fourth-order valence-corrected chi connectivity index (χ4v) is 2.90. The Kier molecular flexibility index (Phi) is 8.61. The van der Waals surface area contributed by atoms with Gasteiger partial charge < -0.3 is 20.7 Å². The molecule has 2 aromatic carbocycles. The molecule has 0 fully saturated rings. The zero-order valence-electron chi connectivity index (χ0n) is 18.7. The summed E-state index contributed by atoms with van der Waals surface area (Å²) in [6.07, 6.45) is 0. The largest absolute Gasteiger partial charge is 0.497 e. The lowest BCUT2D eigenvalue weighted by Crippen LogP contribution is -2.50. The summed E-state index contributed by atoms with van der Waals surface area (Å²) < 4.78 is 5.11. The molecule has 1 atom stereocenters. The molecule has 0 aliphatic rings. The number of carbonyl (C=O) groups is 3. The van der Waals surface area contributed by atoms with Crippen LogP contribution in [-0.4, -0.2) is 37.4 Å². The molecule has 0 radical (unpaired) electrons. The Labute approximate surface area is 183 Å². The second-order valence-corrected chi connectivity index (χ2v) is 8.06. The fourth-order valence-electron chi connectivity index (χ4n) is 2.90. The van der Waals surface area contributed by atoms with E-state index in [1.807, 2.05) is 27.7 Å². The lowest BCUT2D eigenvalue weighted by Gasteiger charge is -2.23. The molecule has 7 heteroatoms. The first kappa shape index (κ1) is 23.9. The maximum atomic E-state index is 13.0. The van der Waals surface area contributed by atoms with E-state index >= 15 is 0 Å². The fraction of sp³-hybridized carbons (Fsp3) is 0.375. The van der Waals surface area contributed by atoms with Crippen LogP contribution in [0, 0.1) is 11.8 Å². The minimum absolute atomic E-state index is 0.0998. The average molecular weight is 426 g/mol. The van der Waals surface area contributed by atoms with Crippen molar-refractivity contribution in [2.45, 2.75) is 33.7 Å². The first-order valence-corrected chi connectivity index (χ1v) is 10.4. The van der Waals surface area contributed by atoms with Gasteiger partial charge in [0.05, 0.1) is 18.4 Å². The van der Waals surface area contributed by atoms with E-state index in [4.69, 9.17) is 4.74 Å². The molecule has 7 nitrogen and oxygen atoms in total. The van der Waals surface area contributed by atoms with Crippen LogP contribution in [0.25, 0.3) is 0 Å². The number of hydrogen-bond donors (Lipinski definition) is 3. The number of rotatable bonds is 9. The summed E-state index contributed by atoms with van der Waals surface area (Å²) in [7, 11) is 1.55. The van der Waals surface area contributed by atoms with Gasteiger partial charge in [0.25, 0.3) is 11.8 Å². The summed E-state index contributed by atoms with van der Waals surface area (Å²) in [5.41, 5.74) is 1.08. The highest BCUT2D eigenvalue weighted by atomic mass is 16.5. The molecule has 0 heterocycles. The number of ether oxygens (including phenoxy) is 1. The molecular formula is C24H31N3O4. The van der Waals surface area contributed by atoms with Gasteiger partial charge in [0.2, 0.25) is 5.91 Å². The van der Waals surface area contributed by atoms with Crippen LogP contribution >= 0.6 is 0 Å². The minimum atomic E-state index is -0.684. The van der Waals surface area contributed by atoms with E-state index in [1.54, 1.807) is 55.6 Å². The van der Waals surface area contributed by atoms with Gasteiger partial charge in [-0.1, -0.05) is 39.8 Å². The smallest absolute Gasteiger partial charge is 0.255 e. The van der Waals surface area contributed by atoms with E-state index in [9.17, 15) is 14.4 Å². The van der Waals surface area contributed by atoms with Crippen molar-refractivity contribution >= 4 is 23.4 Å². The number of nitrogens with one attached hydrogen (secondary N) is 3. The van der Waals surface area contributed by atoms with E-state index < -0.39 is 11.9 Å². The predicted molar refractivity (Wildman–Crippen MR) is 121 cm³/mol. The summed E-state index contributed by atoms with van der Waals surface area (Å²) in [6, 6.07) is 12.7. The van der Waals surface area contributed by atoms with Crippen LogP contribution < -0.4 is 20.7 Å². The van der Waals surface area contributed by atoms with Crippen LogP contribution in [0.3, 0.4) is 0 Å². The van der Waals surface area contributed by atoms with Gasteiger partial charge in [-0.2, -0.15) is 0 Å². The molecule has 0 saturated heterocycles. The minimum Gasteiger partial charge on any atom is -0.497 e. The third-order valence-corrected chi connectivity index (χ3v) is 4.69. The molecule has 166 valence electrons. The van der Waals surface area contributed by atoms with Crippen LogP contribution in [0.15, 0.2) is 48.5 Å². The van der Waals surface area contributed by atoms with Gasteiger partial charge in [0.1, 0.15) is 11.8 Å². The Morgan fingerprint density at radius 3 is 2.13 bits per heavy atom. The second kappa shape index (κ2) is 11.2. The molecule has 0 aliphatic carbocycles. The van der Waals surface area contributed by atoms with Crippen LogP contribution in [0.2, 0.25) is 0 Å². The van der Waals surface area contributed by atoms with E-state index in [1.165, 1.54) is 0 Å². The molecule has 0 spiro atoms. The van der Waals surface area contributed by atoms with Crippen molar-refractivity contribution < 1.29 is 19.1 Å². The first-order valence-electron chi connectivity index (χ1n) is 10.4. The van der Waals surface area contributed by atoms with Gasteiger partial charge in [0, 0.05) is 12.1 Å². The number of carbonyl (C=O) groups excluding carboxylic acids is 3. The molecule has 0 bridgehead atoms. The molecule has 2 aromatic rings.